The Kier molecular flexibility index (Phi) is 4.22. The number of carbonyl (C=O) groups excluding carboxylic acids is 1. The molecule has 6 nitrogen and oxygen atoms in total. The molecule has 20 heavy (non-hydrogen) atoms. The first-order chi connectivity index (χ1) is 9.42. The lowest BCUT2D eigenvalue weighted by Gasteiger charge is -2.41. The van der Waals surface area contributed by atoms with Gasteiger partial charge in [-0.2, -0.15) is 0 Å². The van der Waals surface area contributed by atoms with Crippen molar-refractivity contribution < 1.29 is 10.0 Å². The molecule has 0 atom stereocenters. The molecule has 1 saturated heterocycles. The Morgan fingerprint density at radius 2 is 1.95 bits per heavy atom. The Hall–Kier alpha value is -1.30. The van der Waals surface area contributed by atoms with E-state index in [1.165, 1.54) is 0 Å². The molecular formula is C14H26N4O2. The van der Waals surface area contributed by atoms with E-state index in [1.54, 1.807) is 0 Å². The van der Waals surface area contributed by atoms with Crippen molar-refractivity contribution in [1.29, 1.82) is 0 Å². The summed E-state index contributed by atoms with van der Waals surface area (Å²) in [5, 5.41) is 14.9. The molecule has 0 spiro atoms. The van der Waals surface area contributed by atoms with Gasteiger partial charge in [0.05, 0.1) is 0 Å². The van der Waals surface area contributed by atoms with Crippen molar-refractivity contribution in [2.24, 2.45) is 21.7 Å². The summed E-state index contributed by atoms with van der Waals surface area (Å²) in [5.74, 6) is -0.0333. The lowest BCUT2D eigenvalue weighted by atomic mass is 9.67. The molecule has 2 aliphatic rings. The largest absolute Gasteiger partial charge is 0.409 e. The third-order valence-electron chi connectivity index (χ3n) is 5.11. The predicted molar refractivity (Wildman–Crippen MR) is 77.5 cm³/mol. The molecule has 0 radical (unpaired) electrons. The van der Waals surface area contributed by atoms with Crippen LogP contribution >= 0.6 is 0 Å². The maximum Gasteiger partial charge on any atom is 0.233 e. The van der Waals surface area contributed by atoms with Crippen LogP contribution in [0.5, 0.6) is 0 Å². The molecule has 0 aromatic heterocycles. The molecule has 0 aromatic rings. The van der Waals surface area contributed by atoms with Gasteiger partial charge in [0.15, 0.2) is 5.84 Å². The Morgan fingerprint density at radius 3 is 2.40 bits per heavy atom. The smallest absolute Gasteiger partial charge is 0.233 e. The summed E-state index contributed by atoms with van der Waals surface area (Å²) in [7, 11) is 2.12. The minimum atomic E-state index is -0.767. The first-order valence-electron chi connectivity index (χ1n) is 7.37. The van der Waals surface area contributed by atoms with Gasteiger partial charge in [0.2, 0.25) is 5.91 Å². The zero-order valence-electron chi connectivity index (χ0n) is 12.5. The molecule has 6 heteroatoms. The molecule has 114 valence electrons. The van der Waals surface area contributed by atoms with Gasteiger partial charge < -0.3 is 21.2 Å². The number of nitrogens with zero attached hydrogens (tertiary/aromatic N) is 2. The van der Waals surface area contributed by atoms with Crippen molar-refractivity contribution >= 4 is 11.7 Å². The van der Waals surface area contributed by atoms with Crippen molar-refractivity contribution in [3.8, 4) is 0 Å². The van der Waals surface area contributed by atoms with E-state index in [4.69, 9.17) is 10.9 Å². The Bertz CT molecular complexity index is 396. The number of likely N-dealkylation sites (tertiary alicyclic amines) is 1. The fourth-order valence-corrected chi connectivity index (χ4v) is 3.02. The number of amidine groups is 1. The molecular weight excluding hydrogens is 256 g/mol. The number of piperidine rings is 1. The number of hydrogen-bond donors (Lipinski definition) is 3. The molecule has 1 aliphatic carbocycles. The average molecular weight is 282 g/mol. The topological polar surface area (TPSA) is 91.0 Å². The van der Waals surface area contributed by atoms with Crippen LogP contribution in [-0.2, 0) is 4.79 Å². The summed E-state index contributed by atoms with van der Waals surface area (Å²) in [6, 6.07) is 0. The SMILES string of the molecule is CN1CCC(C)(CNC(=O)C2(C(N)=NO)CCC2)CC1. The standard InChI is InChI=1S/C14H26N4O2/c1-13(6-8-18(2)9-7-13)10-16-12(19)14(4-3-5-14)11(15)17-20/h20H,3-10H2,1-2H3,(H2,15,17)(H,16,19). The van der Waals surface area contributed by atoms with Gasteiger partial charge in [0.1, 0.15) is 5.41 Å². The van der Waals surface area contributed by atoms with Gasteiger partial charge in [-0.25, -0.2) is 0 Å². The highest BCUT2D eigenvalue weighted by Crippen LogP contribution is 2.41. The first-order valence-corrected chi connectivity index (χ1v) is 7.37. The fourth-order valence-electron chi connectivity index (χ4n) is 3.02. The fraction of sp³-hybridized carbons (Fsp3) is 0.857. The van der Waals surface area contributed by atoms with Crippen LogP contribution in [0.25, 0.3) is 0 Å². The lowest BCUT2D eigenvalue weighted by molar-refractivity contribution is -0.131. The van der Waals surface area contributed by atoms with Crippen molar-refractivity contribution in [3.05, 3.63) is 0 Å². The first kappa shape index (κ1) is 15.1. The summed E-state index contributed by atoms with van der Waals surface area (Å²) in [4.78, 5) is 14.7. The van der Waals surface area contributed by atoms with E-state index in [1.807, 2.05) is 0 Å². The summed E-state index contributed by atoms with van der Waals surface area (Å²) in [6.07, 6.45) is 4.47. The zero-order valence-corrected chi connectivity index (χ0v) is 12.5. The molecule has 1 amide bonds. The summed E-state index contributed by atoms with van der Waals surface area (Å²) >= 11 is 0. The molecule has 1 saturated carbocycles. The second kappa shape index (κ2) is 5.60. The second-order valence-corrected chi connectivity index (χ2v) is 6.72. The second-order valence-electron chi connectivity index (χ2n) is 6.72. The monoisotopic (exact) mass is 282 g/mol. The zero-order chi connectivity index (χ0) is 14.8. The van der Waals surface area contributed by atoms with Gasteiger partial charge in [-0.1, -0.05) is 18.5 Å². The molecule has 0 unspecified atom stereocenters. The van der Waals surface area contributed by atoms with E-state index in [0.717, 1.165) is 32.4 Å². The number of hydrogen-bond acceptors (Lipinski definition) is 4. The van der Waals surface area contributed by atoms with Gasteiger partial charge >= 0.3 is 0 Å². The Morgan fingerprint density at radius 1 is 1.35 bits per heavy atom. The average Bonchev–Trinajstić information content (AvgIpc) is 2.39. The summed E-state index contributed by atoms with van der Waals surface area (Å²) in [6.45, 7) is 5.02. The maximum atomic E-state index is 12.4. The van der Waals surface area contributed by atoms with E-state index < -0.39 is 5.41 Å². The number of nitrogens with two attached hydrogens (primary N) is 1. The number of nitrogens with one attached hydrogen (secondary N) is 1. The number of carbonyl (C=O) groups is 1. The van der Waals surface area contributed by atoms with Crippen LogP contribution in [0.2, 0.25) is 0 Å². The van der Waals surface area contributed by atoms with Crippen molar-refractivity contribution in [3.63, 3.8) is 0 Å². The van der Waals surface area contributed by atoms with Crippen LogP contribution in [0.4, 0.5) is 0 Å². The Balaban J connectivity index is 1.92. The number of amides is 1. The third-order valence-corrected chi connectivity index (χ3v) is 5.11. The summed E-state index contributed by atoms with van der Waals surface area (Å²) < 4.78 is 0. The van der Waals surface area contributed by atoms with Crippen LogP contribution in [0.1, 0.15) is 39.0 Å². The third kappa shape index (κ3) is 2.75. The quantitative estimate of drug-likeness (QED) is 0.307. The lowest BCUT2D eigenvalue weighted by Crippen LogP contribution is -2.55. The highest BCUT2D eigenvalue weighted by Gasteiger charge is 2.48. The van der Waals surface area contributed by atoms with Crippen LogP contribution in [0, 0.1) is 10.8 Å². The van der Waals surface area contributed by atoms with Crippen molar-refractivity contribution in [2.45, 2.75) is 39.0 Å². The van der Waals surface area contributed by atoms with E-state index in [-0.39, 0.29) is 17.2 Å². The normalized spacial score (nSPS) is 25.8. The minimum Gasteiger partial charge on any atom is -0.409 e. The van der Waals surface area contributed by atoms with Gasteiger partial charge in [0.25, 0.3) is 0 Å². The molecule has 0 aromatic carbocycles. The molecule has 4 N–H and O–H groups in total. The predicted octanol–water partition coefficient (Wildman–Crippen LogP) is 0.751. The van der Waals surface area contributed by atoms with E-state index in [9.17, 15) is 4.79 Å². The van der Waals surface area contributed by atoms with Crippen molar-refractivity contribution in [1.82, 2.24) is 10.2 Å². The highest BCUT2D eigenvalue weighted by atomic mass is 16.4. The van der Waals surface area contributed by atoms with Gasteiger partial charge in [-0.05, 0) is 51.2 Å². The minimum absolute atomic E-state index is 0.0507. The maximum absolute atomic E-state index is 12.4. The highest BCUT2D eigenvalue weighted by molar-refractivity contribution is 6.07. The van der Waals surface area contributed by atoms with Crippen LogP contribution < -0.4 is 11.1 Å². The van der Waals surface area contributed by atoms with Gasteiger partial charge in [0, 0.05) is 6.54 Å². The van der Waals surface area contributed by atoms with Crippen LogP contribution in [-0.4, -0.2) is 48.5 Å². The molecule has 0 bridgehead atoms. The van der Waals surface area contributed by atoms with Gasteiger partial charge in [-0.15, -0.1) is 0 Å². The van der Waals surface area contributed by atoms with E-state index in [0.29, 0.717) is 19.4 Å². The summed E-state index contributed by atoms with van der Waals surface area (Å²) in [5.41, 5.74) is 5.09. The van der Waals surface area contributed by atoms with Crippen molar-refractivity contribution in [2.75, 3.05) is 26.7 Å². The Labute approximate surface area is 120 Å². The van der Waals surface area contributed by atoms with Crippen LogP contribution in [0.3, 0.4) is 0 Å². The van der Waals surface area contributed by atoms with E-state index in [2.05, 4.69) is 29.3 Å². The number of oxime groups is 1. The number of rotatable bonds is 4. The molecule has 2 fully saturated rings. The van der Waals surface area contributed by atoms with Crippen LogP contribution in [0.15, 0.2) is 5.16 Å². The van der Waals surface area contributed by atoms with Gasteiger partial charge in [-0.3, -0.25) is 4.79 Å². The molecule has 1 aliphatic heterocycles. The van der Waals surface area contributed by atoms with E-state index >= 15 is 0 Å². The molecule has 2 rings (SSSR count). The molecule has 1 heterocycles.